The Labute approximate surface area is 137 Å². The van der Waals surface area contributed by atoms with Gasteiger partial charge in [-0.05, 0) is 24.1 Å². The Morgan fingerprint density at radius 3 is 1.96 bits per heavy atom. The van der Waals surface area contributed by atoms with Crippen molar-refractivity contribution < 1.29 is 9.84 Å². The number of methoxy groups -OCH3 is 1. The van der Waals surface area contributed by atoms with E-state index in [1.165, 1.54) is 0 Å². The molecule has 0 bridgehead atoms. The summed E-state index contributed by atoms with van der Waals surface area (Å²) in [5.74, 6) is 0.666. The highest BCUT2D eigenvalue weighted by atomic mass is 16.5. The SMILES string of the molecule is COc1ccccc1[C@](O)(c1ccccc1)c1ccc(C)cc1. The number of benzene rings is 3. The molecule has 2 heteroatoms. The molecule has 3 rings (SSSR count). The third kappa shape index (κ3) is 2.73. The zero-order chi connectivity index (χ0) is 16.3. The summed E-state index contributed by atoms with van der Waals surface area (Å²) in [7, 11) is 1.62. The molecule has 0 fully saturated rings. The molecule has 0 unspecified atom stereocenters. The van der Waals surface area contributed by atoms with Crippen LogP contribution < -0.4 is 4.74 Å². The predicted molar refractivity (Wildman–Crippen MR) is 92.7 cm³/mol. The van der Waals surface area contributed by atoms with Gasteiger partial charge in [0.05, 0.1) is 7.11 Å². The molecule has 0 aromatic heterocycles. The van der Waals surface area contributed by atoms with Crippen molar-refractivity contribution in [3.8, 4) is 5.75 Å². The maximum Gasteiger partial charge on any atom is 0.144 e. The van der Waals surface area contributed by atoms with Gasteiger partial charge in [-0.15, -0.1) is 0 Å². The van der Waals surface area contributed by atoms with Gasteiger partial charge in [0.15, 0.2) is 0 Å². The second-order valence-electron chi connectivity index (χ2n) is 5.64. The smallest absolute Gasteiger partial charge is 0.144 e. The molecule has 0 saturated carbocycles. The van der Waals surface area contributed by atoms with Gasteiger partial charge in [0, 0.05) is 5.56 Å². The first-order valence-electron chi connectivity index (χ1n) is 7.65. The van der Waals surface area contributed by atoms with E-state index < -0.39 is 5.60 Å². The predicted octanol–water partition coefficient (Wildman–Crippen LogP) is 4.29. The second kappa shape index (κ2) is 6.27. The summed E-state index contributed by atoms with van der Waals surface area (Å²) in [6, 6.07) is 25.3. The summed E-state index contributed by atoms with van der Waals surface area (Å²) in [5.41, 5.74) is 2.26. The molecule has 116 valence electrons. The molecule has 0 saturated heterocycles. The van der Waals surface area contributed by atoms with Gasteiger partial charge in [-0.25, -0.2) is 0 Å². The fourth-order valence-electron chi connectivity index (χ4n) is 2.90. The molecule has 0 aliphatic heterocycles. The first-order valence-corrected chi connectivity index (χ1v) is 7.65. The summed E-state index contributed by atoms with van der Waals surface area (Å²) in [4.78, 5) is 0. The topological polar surface area (TPSA) is 29.5 Å². The highest BCUT2D eigenvalue weighted by molar-refractivity contribution is 5.52. The lowest BCUT2D eigenvalue weighted by atomic mass is 9.80. The monoisotopic (exact) mass is 304 g/mol. The Hall–Kier alpha value is -2.58. The minimum Gasteiger partial charge on any atom is -0.496 e. The maximum atomic E-state index is 11.7. The van der Waals surface area contributed by atoms with Gasteiger partial charge in [-0.3, -0.25) is 0 Å². The van der Waals surface area contributed by atoms with Gasteiger partial charge >= 0.3 is 0 Å². The van der Waals surface area contributed by atoms with Crippen LogP contribution in [-0.4, -0.2) is 12.2 Å². The van der Waals surface area contributed by atoms with Crippen molar-refractivity contribution in [3.63, 3.8) is 0 Å². The average Bonchev–Trinajstić information content (AvgIpc) is 2.62. The normalized spacial score (nSPS) is 13.3. The molecule has 0 spiro atoms. The minimum atomic E-state index is -1.26. The number of ether oxygens (including phenoxy) is 1. The fourth-order valence-corrected chi connectivity index (χ4v) is 2.90. The molecule has 1 atom stereocenters. The van der Waals surface area contributed by atoms with Crippen molar-refractivity contribution >= 4 is 0 Å². The van der Waals surface area contributed by atoms with E-state index in [-0.39, 0.29) is 0 Å². The summed E-state index contributed by atoms with van der Waals surface area (Å²) < 4.78 is 5.50. The van der Waals surface area contributed by atoms with Crippen molar-refractivity contribution in [1.29, 1.82) is 0 Å². The van der Waals surface area contributed by atoms with Crippen molar-refractivity contribution in [2.75, 3.05) is 7.11 Å². The van der Waals surface area contributed by atoms with Crippen LogP contribution in [0.4, 0.5) is 0 Å². The largest absolute Gasteiger partial charge is 0.496 e. The molecule has 23 heavy (non-hydrogen) atoms. The first-order chi connectivity index (χ1) is 11.2. The quantitative estimate of drug-likeness (QED) is 0.729. The third-order valence-electron chi connectivity index (χ3n) is 4.16. The number of aliphatic hydroxyl groups is 1. The van der Waals surface area contributed by atoms with Crippen LogP contribution in [0.2, 0.25) is 0 Å². The molecular formula is C21H20O2. The minimum absolute atomic E-state index is 0.666. The zero-order valence-electron chi connectivity index (χ0n) is 13.4. The van der Waals surface area contributed by atoms with Gasteiger partial charge in [-0.1, -0.05) is 78.4 Å². The summed E-state index contributed by atoms with van der Waals surface area (Å²) in [6.07, 6.45) is 0. The van der Waals surface area contributed by atoms with Crippen molar-refractivity contribution in [3.05, 3.63) is 101 Å². The van der Waals surface area contributed by atoms with Crippen LogP contribution in [0.25, 0.3) is 0 Å². The van der Waals surface area contributed by atoms with Gasteiger partial charge in [0.1, 0.15) is 11.4 Å². The maximum absolute atomic E-state index is 11.7. The van der Waals surface area contributed by atoms with Gasteiger partial charge in [0.25, 0.3) is 0 Å². The lowest BCUT2D eigenvalue weighted by Gasteiger charge is -2.31. The molecule has 2 nitrogen and oxygen atoms in total. The van der Waals surface area contributed by atoms with E-state index in [1.807, 2.05) is 85.8 Å². The Morgan fingerprint density at radius 1 is 0.739 bits per heavy atom. The highest BCUT2D eigenvalue weighted by Crippen LogP contribution is 2.40. The van der Waals surface area contributed by atoms with Crippen LogP contribution in [0, 0.1) is 6.92 Å². The second-order valence-corrected chi connectivity index (χ2v) is 5.64. The number of rotatable bonds is 4. The number of hydrogen-bond donors (Lipinski definition) is 1. The van der Waals surface area contributed by atoms with Crippen LogP contribution in [0.3, 0.4) is 0 Å². The zero-order valence-corrected chi connectivity index (χ0v) is 13.4. The molecule has 3 aromatic rings. The van der Waals surface area contributed by atoms with Gasteiger partial charge in [0.2, 0.25) is 0 Å². The van der Waals surface area contributed by atoms with E-state index >= 15 is 0 Å². The number of para-hydroxylation sites is 1. The van der Waals surface area contributed by atoms with Crippen LogP contribution in [0.15, 0.2) is 78.9 Å². The highest BCUT2D eigenvalue weighted by Gasteiger charge is 2.36. The van der Waals surface area contributed by atoms with Gasteiger partial charge < -0.3 is 9.84 Å². The molecular weight excluding hydrogens is 284 g/mol. The van der Waals surface area contributed by atoms with E-state index in [9.17, 15) is 5.11 Å². The van der Waals surface area contributed by atoms with Crippen molar-refractivity contribution in [2.45, 2.75) is 12.5 Å². The van der Waals surface area contributed by atoms with E-state index in [4.69, 9.17) is 4.74 Å². The Morgan fingerprint density at radius 2 is 1.30 bits per heavy atom. The van der Waals surface area contributed by atoms with E-state index in [2.05, 4.69) is 0 Å². The summed E-state index contributed by atoms with van der Waals surface area (Å²) >= 11 is 0. The lowest BCUT2D eigenvalue weighted by molar-refractivity contribution is 0.122. The first kappa shape index (κ1) is 15.3. The molecule has 0 heterocycles. The summed E-state index contributed by atoms with van der Waals surface area (Å²) in [5, 5.41) is 11.7. The standard InChI is InChI=1S/C21H20O2/c1-16-12-14-18(15-13-16)21(22,17-8-4-3-5-9-17)19-10-6-7-11-20(19)23-2/h3-15,22H,1-2H3/t21-/m0/s1. The molecule has 0 amide bonds. The van der Waals surface area contributed by atoms with Crippen LogP contribution >= 0.6 is 0 Å². The molecule has 1 N–H and O–H groups in total. The third-order valence-corrected chi connectivity index (χ3v) is 4.16. The number of aryl methyl sites for hydroxylation is 1. The lowest BCUT2D eigenvalue weighted by Crippen LogP contribution is -2.29. The van der Waals surface area contributed by atoms with E-state index in [0.29, 0.717) is 5.75 Å². The van der Waals surface area contributed by atoms with Crippen LogP contribution in [0.5, 0.6) is 5.75 Å². The average molecular weight is 304 g/mol. The van der Waals surface area contributed by atoms with Crippen LogP contribution in [0.1, 0.15) is 22.3 Å². The molecule has 3 aromatic carbocycles. The molecule has 0 aliphatic carbocycles. The fraction of sp³-hybridized carbons (Fsp3) is 0.143. The Kier molecular flexibility index (Phi) is 4.18. The Bertz CT molecular complexity index is 778. The number of hydrogen-bond acceptors (Lipinski definition) is 2. The van der Waals surface area contributed by atoms with Crippen molar-refractivity contribution in [1.82, 2.24) is 0 Å². The summed E-state index contributed by atoms with van der Waals surface area (Å²) in [6.45, 7) is 2.04. The molecule has 0 aliphatic rings. The van der Waals surface area contributed by atoms with Crippen LogP contribution in [-0.2, 0) is 5.60 Å². The van der Waals surface area contributed by atoms with E-state index in [0.717, 1.165) is 22.3 Å². The van der Waals surface area contributed by atoms with Crippen molar-refractivity contribution in [2.24, 2.45) is 0 Å². The van der Waals surface area contributed by atoms with E-state index in [1.54, 1.807) is 7.11 Å². The Balaban J connectivity index is 2.28. The molecule has 0 radical (unpaired) electrons. The van der Waals surface area contributed by atoms with Gasteiger partial charge in [-0.2, -0.15) is 0 Å².